The number of anilines is 1. The van der Waals surface area contributed by atoms with Crippen LogP contribution in [0.15, 0.2) is 5.38 Å². The maximum atomic E-state index is 12.3. The van der Waals surface area contributed by atoms with Crippen molar-refractivity contribution in [1.29, 1.82) is 0 Å². The fourth-order valence-corrected chi connectivity index (χ4v) is 3.01. The van der Waals surface area contributed by atoms with E-state index in [4.69, 9.17) is 0 Å². The zero-order valence-corrected chi connectivity index (χ0v) is 12.1. The molecule has 1 unspecified atom stereocenters. The molecule has 9 heteroatoms. The maximum absolute atomic E-state index is 12.3. The third kappa shape index (κ3) is 2.48. The maximum Gasteiger partial charge on any atom is 0.324 e. The molecule has 0 spiro atoms. The van der Waals surface area contributed by atoms with Gasteiger partial charge in [-0.25, -0.2) is 9.78 Å². The lowest BCUT2D eigenvalue weighted by atomic mass is 10.2. The molecule has 0 saturated carbocycles. The van der Waals surface area contributed by atoms with Crippen molar-refractivity contribution in [3.63, 3.8) is 0 Å². The Kier molecular flexibility index (Phi) is 3.35. The smallest absolute Gasteiger partial charge is 0.316 e. The number of aryl methyl sites for hydroxylation is 2. The number of carbonyl (C=O) groups is 1. The van der Waals surface area contributed by atoms with E-state index in [1.54, 1.807) is 23.3 Å². The van der Waals surface area contributed by atoms with Gasteiger partial charge in [-0.2, -0.15) is 4.80 Å². The van der Waals surface area contributed by atoms with E-state index in [-0.39, 0.29) is 18.0 Å². The van der Waals surface area contributed by atoms with Gasteiger partial charge >= 0.3 is 6.03 Å². The predicted octanol–water partition coefficient (Wildman–Crippen LogP) is 1.34. The van der Waals surface area contributed by atoms with Crippen LogP contribution in [0.25, 0.3) is 0 Å². The number of thiazole rings is 1. The highest BCUT2D eigenvalue weighted by Gasteiger charge is 2.32. The number of nitrogens with one attached hydrogen (secondary N) is 1. The summed E-state index contributed by atoms with van der Waals surface area (Å²) in [6, 6.07) is -0.164. The number of rotatable bonds is 2. The van der Waals surface area contributed by atoms with E-state index >= 15 is 0 Å². The summed E-state index contributed by atoms with van der Waals surface area (Å²) in [6.07, 6.45) is 1.91. The van der Waals surface area contributed by atoms with Crippen LogP contribution in [0.3, 0.4) is 0 Å². The number of hydrogen-bond donors (Lipinski definition) is 1. The van der Waals surface area contributed by atoms with E-state index < -0.39 is 0 Å². The first kappa shape index (κ1) is 13.0. The Morgan fingerprint density at radius 2 is 2.40 bits per heavy atom. The quantitative estimate of drug-likeness (QED) is 0.902. The normalized spacial score (nSPS) is 18.5. The lowest BCUT2D eigenvalue weighted by Gasteiger charge is -2.22. The van der Waals surface area contributed by atoms with Crippen LogP contribution in [0.2, 0.25) is 0 Å². The molecule has 106 valence electrons. The van der Waals surface area contributed by atoms with Gasteiger partial charge in [0.1, 0.15) is 0 Å². The first-order chi connectivity index (χ1) is 9.63. The van der Waals surface area contributed by atoms with Gasteiger partial charge in [-0.05, 0) is 25.0 Å². The number of aromatic nitrogens is 5. The van der Waals surface area contributed by atoms with Crippen molar-refractivity contribution in [2.75, 3.05) is 11.9 Å². The molecule has 2 aromatic rings. The van der Waals surface area contributed by atoms with Gasteiger partial charge < -0.3 is 4.90 Å². The Bertz CT molecular complexity index is 622. The van der Waals surface area contributed by atoms with Crippen molar-refractivity contribution < 1.29 is 4.79 Å². The van der Waals surface area contributed by atoms with E-state index in [1.165, 1.54) is 4.80 Å². The average molecular weight is 293 g/mol. The van der Waals surface area contributed by atoms with Crippen LogP contribution >= 0.6 is 11.3 Å². The van der Waals surface area contributed by atoms with E-state index in [0.29, 0.717) is 6.54 Å². The van der Waals surface area contributed by atoms with Gasteiger partial charge in [-0.3, -0.25) is 5.32 Å². The first-order valence-electron chi connectivity index (χ1n) is 6.37. The fourth-order valence-electron chi connectivity index (χ4n) is 2.35. The Hall–Kier alpha value is -2.03. The minimum atomic E-state index is -0.203. The standard InChI is InChI=1S/C11H15N7OS/c1-7-12-8(6-20-7)9-4-3-5-18(9)11(19)13-10-14-16-17(2)15-10/h6,9H,3-5H2,1-2H3,(H,13,15,19). The van der Waals surface area contributed by atoms with Gasteiger partial charge in [-0.15, -0.1) is 16.4 Å². The second kappa shape index (κ2) is 5.16. The highest BCUT2D eigenvalue weighted by Crippen LogP contribution is 2.32. The van der Waals surface area contributed by atoms with Crippen molar-refractivity contribution in [3.05, 3.63) is 16.1 Å². The lowest BCUT2D eigenvalue weighted by Crippen LogP contribution is -2.35. The van der Waals surface area contributed by atoms with Gasteiger partial charge in [0.2, 0.25) is 0 Å². The molecule has 1 fully saturated rings. The van der Waals surface area contributed by atoms with Crippen LogP contribution in [-0.4, -0.2) is 42.7 Å². The summed E-state index contributed by atoms with van der Waals surface area (Å²) in [6.45, 7) is 2.68. The number of nitrogens with zero attached hydrogens (tertiary/aromatic N) is 6. The Morgan fingerprint density at radius 3 is 3.05 bits per heavy atom. The molecular weight excluding hydrogens is 278 g/mol. The summed E-state index contributed by atoms with van der Waals surface area (Å²) in [5.74, 6) is 0.220. The van der Waals surface area contributed by atoms with Crippen molar-refractivity contribution in [3.8, 4) is 0 Å². The molecule has 1 aliphatic rings. The van der Waals surface area contributed by atoms with Crippen molar-refractivity contribution >= 4 is 23.3 Å². The highest BCUT2D eigenvalue weighted by molar-refractivity contribution is 7.09. The van der Waals surface area contributed by atoms with Crippen LogP contribution in [0, 0.1) is 6.92 Å². The first-order valence-corrected chi connectivity index (χ1v) is 7.25. The van der Waals surface area contributed by atoms with Crippen LogP contribution < -0.4 is 5.32 Å². The molecule has 1 N–H and O–H groups in total. The molecule has 0 radical (unpaired) electrons. The summed E-state index contributed by atoms with van der Waals surface area (Å²) in [5.41, 5.74) is 0.965. The SMILES string of the molecule is Cc1nc(C2CCCN2C(=O)Nc2nnn(C)n2)cs1. The molecule has 8 nitrogen and oxygen atoms in total. The molecule has 20 heavy (non-hydrogen) atoms. The Balaban J connectivity index is 1.73. The van der Waals surface area contributed by atoms with E-state index in [9.17, 15) is 4.79 Å². The van der Waals surface area contributed by atoms with Gasteiger partial charge in [0, 0.05) is 11.9 Å². The van der Waals surface area contributed by atoms with Gasteiger partial charge in [0.05, 0.1) is 23.8 Å². The molecule has 1 atom stereocenters. The zero-order chi connectivity index (χ0) is 14.1. The minimum Gasteiger partial charge on any atom is -0.316 e. The van der Waals surface area contributed by atoms with Crippen molar-refractivity contribution in [1.82, 2.24) is 30.1 Å². The van der Waals surface area contributed by atoms with E-state index in [0.717, 1.165) is 23.5 Å². The summed E-state index contributed by atoms with van der Waals surface area (Å²) < 4.78 is 0. The molecule has 0 bridgehead atoms. The van der Waals surface area contributed by atoms with Crippen LogP contribution in [0.5, 0.6) is 0 Å². The number of likely N-dealkylation sites (tertiary alicyclic amines) is 1. The van der Waals surface area contributed by atoms with E-state index in [2.05, 4.69) is 25.7 Å². The molecular formula is C11H15N7OS. The second-order valence-corrected chi connectivity index (χ2v) is 5.74. The summed E-state index contributed by atoms with van der Waals surface area (Å²) in [7, 11) is 1.65. The second-order valence-electron chi connectivity index (χ2n) is 4.68. The molecule has 2 amide bonds. The van der Waals surface area contributed by atoms with Crippen molar-refractivity contribution in [2.24, 2.45) is 7.05 Å². The topological polar surface area (TPSA) is 88.8 Å². The third-order valence-corrected chi connectivity index (χ3v) is 4.01. The van der Waals surface area contributed by atoms with Gasteiger partial charge in [0.25, 0.3) is 5.95 Å². The van der Waals surface area contributed by atoms with Crippen LogP contribution in [0.1, 0.15) is 29.6 Å². The van der Waals surface area contributed by atoms with E-state index in [1.807, 2.05) is 12.3 Å². The van der Waals surface area contributed by atoms with Crippen LogP contribution in [-0.2, 0) is 7.05 Å². The fraction of sp³-hybridized carbons (Fsp3) is 0.545. The van der Waals surface area contributed by atoms with Gasteiger partial charge in [0.15, 0.2) is 0 Å². The summed E-state index contributed by atoms with van der Waals surface area (Å²) >= 11 is 1.60. The molecule has 2 aromatic heterocycles. The summed E-state index contributed by atoms with van der Waals surface area (Å²) in [5, 5.41) is 17.1. The number of hydrogen-bond acceptors (Lipinski definition) is 6. The number of amides is 2. The molecule has 3 rings (SSSR count). The molecule has 1 aliphatic heterocycles. The Morgan fingerprint density at radius 1 is 1.55 bits per heavy atom. The molecule has 0 aliphatic carbocycles. The van der Waals surface area contributed by atoms with Crippen molar-refractivity contribution in [2.45, 2.75) is 25.8 Å². The molecule has 0 aromatic carbocycles. The number of tetrazole rings is 1. The van der Waals surface area contributed by atoms with Gasteiger partial charge in [-0.1, -0.05) is 5.10 Å². The predicted molar refractivity (Wildman–Crippen MR) is 73.3 cm³/mol. The number of urea groups is 1. The molecule has 1 saturated heterocycles. The largest absolute Gasteiger partial charge is 0.324 e. The van der Waals surface area contributed by atoms with Crippen LogP contribution in [0.4, 0.5) is 10.7 Å². The Labute approximate surface area is 119 Å². The monoisotopic (exact) mass is 293 g/mol. The minimum absolute atomic E-state index is 0.0385. The average Bonchev–Trinajstić information content (AvgIpc) is 3.09. The lowest BCUT2D eigenvalue weighted by molar-refractivity contribution is 0.206. The zero-order valence-electron chi connectivity index (χ0n) is 11.3. The third-order valence-electron chi connectivity index (χ3n) is 3.22. The summed E-state index contributed by atoms with van der Waals surface area (Å²) in [4.78, 5) is 19.9. The highest BCUT2D eigenvalue weighted by atomic mass is 32.1. The molecule has 3 heterocycles. The number of carbonyl (C=O) groups excluding carboxylic acids is 1.